The molecule has 8 heteroatoms. The molecule has 0 unspecified atom stereocenters. The number of aromatic nitrogens is 1. The van der Waals surface area contributed by atoms with Crippen LogP contribution in [0.5, 0.6) is 0 Å². The lowest BCUT2D eigenvalue weighted by molar-refractivity contribution is -0.132. The van der Waals surface area contributed by atoms with Crippen LogP contribution in [-0.2, 0) is 9.59 Å². The lowest BCUT2D eigenvalue weighted by atomic mass is 9.95. The first-order chi connectivity index (χ1) is 14.3. The maximum absolute atomic E-state index is 14.7. The molecule has 3 aromatic rings. The van der Waals surface area contributed by atoms with Crippen molar-refractivity contribution in [1.82, 2.24) is 4.98 Å². The predicted molar refractivity (Wildman–Crippen MR) is 109 cm³/mol. The molecule has 5 nitrogen and oxygen atoms in total. The van der Waals surface area contributed by atoms with Crippen LogP contribution in [0.2, 0.25) is 0 Å². The van der Waals surface area contributed by atoms with E-state index in [-0.39, 0.29) is 21.8 Å². The normalized spacial score (nSPS) is 18.3. The van der Waals surface area contributed by atoms with Gasteiger partial charge in [0.15, 0.2) is 5.13 Å². The SMILES string of the molecule is Cc1nc(N2C(=O)C(=O)/C(=C(/O)c3ccc(F)cc3)[C@H]2c2ccccc2F)sc1C. The van der Waals surface area contributed by atoms with Gasteiger partial charge in [-0.05, 0) is 44.2 Å². The number of aliphatic hydroxyl groups excluding tert-OH is 1. The molecule has 1 saturated heterocycles. The van der Waals surface area contributed by atoms with Crippen LogP contribution in [0.25, 0.3) is 5.76 Å². The first-order valence-electron chi connectivity index (χ1n) is 9.05. The maximum Gasteiger partial charge on any atom is 0.301 e. The summed E-state index contributed by atoms with van der Waals surface area (Å²) in [4.78, 5) is 32.2. The van der Waals surface area contributed by atoms with Crippen LogP contribution in [0.1, 0.15) is 27.7 Å². The molecule has 0 aliphatic carbocycles. The molecule has 2 heterocycles. The Labute approximate surface area is 174 Å². The molecule has 0 spiro atoms. The van der Waals surface area contributed by atoms with Crippen molar-refractivity contribution < 1.29 is 23.5 Å². The summed E-state index contributed by atoms with van der Waals surface area (Å²) in [6, 6.07) is 9.34. The largest absolute Gasteiger partial charge is 0.507 e. The Bertz CT molecular complexity index is 1180. The summed E-state index contributed by atoms with van der Waals surface area (Å²) >= 11 is 1.20. The lowest BCUT2D eigenvalue weighted by Gasteiger charge is -2.23. The molecular weight excluding hydrogens is 410 g/mol. The number of hydrogen-bond acceptors (Lipinski definition) is 5. The Morgan fingerprint density at radius 3 is 2.33 bits per heavy atom. The Morgan fingerprint density at radius 1 is 1.07 bits per heavy atom. The standard InChI is InChI=1S/C22H16F2N2O3S/c1-11-12(2)30-22(25-11)26-18(15-5-3-4-6-16(15)24)17(20(28)21(26)29)19(27)13-7-9-14(23)10-8-13/h3-10,18,27H,1-2H3/b19-17+/t18-/m1/s1. The fourth-order valence-corrected chi connectivity index (χ4v) is 4.28. The van der Waals surface area contributed by atoms with Gasteiger partial charge in [-0.3, -0.25) is 14.5 Å². The van der Waals surface area contributed by atoms with Crippen LogP contribution in [0.15, 0.2) is 54.1 Å². The molecule has 0 bridgehead atoms. The van der Waals surface area contributed by atoms with Crippen LogP contribution in [0.3, 0.4) is 0 Å². The second-order valence-electron chi connectivity index (χ2n) is 6.84. The van der Waals surface area contributed by atoms with Gasteiger partial charge in [-0.15, -0.1) is 11.3 Å². The minimum Gasteiger partial charge on any atom is -0.507 e. The Kier molecular flexibility index (Phi) is 4.95. The lowest BCUT2D eigenvalue weighted by Crippen LogP contribution is -2.29. The summed E-state index contributed by atoms with van der Waals surface area (Å²) in [5.74, 6) is -3.54. The molecule has 1 atom stereocenters. The fourth-order valence-electron chi connectivity index (χ4n) is 3.34. The molecule has 1 amide bonds. The first-order valence-corrected chi connectivity index (χ1v) is 9.86. The molecule has 0 radical (unpaired) electrons. The number of Topliss-reactive ketones (excluding diaryl/α,β-unsaturated/α-hetero) is 1. The highest BCUT2D eigenvalue weighted by molar-refractivity contribution is 7.16. The van der Waals surface area contributed by atoms with Crippen molar-refractivity contribution in [2.24, 2.45) is 0 Å². The van der Waals surface area contributed by atoms with Crippen LogP contribution >= 0.6 is 11.3 Å². The van der Waals surface area contributed by atoms with Crippen molar-refractivity contribution in [3.8, 4) is 0 Å². The molecule has 2 aromatic carbocycles. The summed E-state index contributed by atoms with van der Waals surface area (Å²) < 4.78 is 28.0. The molecule has 30 heavy (non-hydrogen) atoms. The summed E-state index contributed by atoms with van der Waals surface area (Å²) in [5, 5.41) is 11.1. The van der Waals surface area contributed by atoms with Crippen molar-refractivity contribution in [3.63, 3.8) is 0 Å². The number of thiazole rings is 1. The van der Waals surface area contributed by atoms with Gasteiger partial charge in [0.05, 0.1) is 11.3 Å². The number of ketones is 1. The minimum absolute atomic E-state index is 0.0471. The smallest absolute Gasteiger partial charge is 0.301 e. The van der Waals surface area contributed by atoms with Gasteiger partial charge >= 0.3 is 5.91 Å². The Morgan fingerprint density at radius 2 is 1.73 bits per heavy atom. The van der Waals surface area contributed by atoms with Gasteiger partial charge in [0.1, 0.15) is 23.4 Å². The zero-order chi connectivity index (χ0) is 21.6. The molecule has 1 N–H and O–H groups in total. The highest BCUT2D eigenvalue weighted by atomic mass is 32.1. The van der Waals surface area contributed by atoms with Gasteiger partial charge in [0, 0.05) is 16.0 Å². The molecule has 1 aromatic heterocycles. The molecule has 152 valence electrons. The van der Waals surface area contributed by atoms with E-state index in [2.05, 4.69) is 4.98 Å². The Hall–Kier alpha value is -3.39. The third kappa shape index (κ3) is 3.19. The number of carbonyl (C=O) groups excluding carboxylic acids is 2. The van der Waals surface area contributed by atoms with Gasteiger partial charge < -0.3 is 5.11 Å². The second-order valence-corrected chi connectivity index (χ2v) is 8.02. The summed E-state index contributed by atoms with van der Waals surface area (Å²) in [7, 11) is 0. The number of aryl methyl sites for hydroxylation is 2. The van der Waals surface area contributed by atoms with E-state index < -0.39 is 35.1 Å². The van der Waals surface area contributed by atoms with E-state index in [0.29, 0.717) is 5.69 Å². The highest BCUT2D eigenvalue weighted by Crippen LogP contribution is 2.44. The van der Waals surface area contributed by atoms with Crippen molar-refractivity contribution in [2.45, 2.75) is 19.9 Å². The molecule has 4 rings (SSSR count). The molecule has 1 aliphatic heterocycles. The van der Waals surface area contributed by atoms with E-state index in [4.69, 9.17) is 0 Å². The topological polar surface area (TPSA) is 70.5 Å². The predicted octanol–water partition coefficient (Wildman–Crippen LogP) is 4.66. The number of hydrogen-bond donors (Lipinski definition) is 1. The van der Waals surface area contributed by atoms with E-state index in [1.807, 2.05) is 6.92 Å². The first kappa shape index (κ1) is 19.9. The molecule has 0 saturated carbocycles. The van der Waals surface area contributed by atoms with Gasteiger partial charge in [-0.2, -0.15) is 0 Å². The summed E-state index contributed by atoms with van der Waals surface area (Å²) in [6.07, 6.45) is 0. The van der Waals surface area contributed by atoms with Gasteiger partial charge in [-0.1, -0.05) is 18.2 Å². The zero-order valence-electron chi connectivity index (χ0n) is 16.0. The van der Waals surface area contributed by atoms with Crippen molar-refractivity contribution in [1.29, 1.82) is 0 Å². The van der Waals surface area contributed by atoms with Crippen molar-refractivity contribution >= 4 is 33.9 Å². The summed E-state index contributed by atoms with van der Waals surface area (Å²) in [6.45, 7) is 3.59. The van der Waals surface area contributed by atoms with E-state index >= 15 is 0 Å². The number of aliphatic hydroxyl groups is 1. The highest BCUT2D eigenvalue weighted by Gasteiger charge is 2.49. The van der Waals surface area contributed by atoms with Crippen LogP contribution in [-0.4, -0.2) is 21.8 Å². The molecular formula is C22H16F2N2O3S. The van der Waals surface area contributed by atoms with E-state index in [9.17, 15) is 23.5 Å². The van der Waals surface area contributed by atoms with Gasteiger partial charge in [-0.25, -0.2) is 13.8 Å². The van der Waals surface area contributed by atoms with E-state index in [0.717, 1.165) is 21.9 Å². The Balaban J connectivity index is 1.97. The average Bonchev–Trinajstić information content (AvgIpc) is 3.18. The van der Waals surface area contributed by atoms with Gasteiger partial charge in [0.2, 0.25) is 0 Å². The monoisotopic (exact) mass is 426 g/mol. The van der Waals surface area contributed by atoms with Crippen molar-refractivity contribution in [3.05, 3.63) is 87.4 Å². The van der Waals surface area contributed by atoms with Crippen molar-refractivity contribution in [2.75, 3.05) is 4.90 Å². The third-order valence-electron chi connectivity index (χ3n) is 4.99. The van der Waals surface area contributed by atoms with Crippen LogP contribution in [0, 0.1) is 25.5 Å². The van der Waals surface area contributed by atoms with Crippen LogP contribution in [0.4, 0.5) is 13.9 Å². The fraction of sp³-hybridized carbons (Fsp3) is 0.136. The third-order valence-corrected chi connectivity index (χ3v) is 6.06. The maximum atomic E-state index is 14.7. The summed E-state index contributed by atoms with van der Waals surface area (Å²) in [5.41, 5.74) is 0.595. The zero-order valence-corrected chi connectivity index (χ0v) is 16.8. The minimum atomic E-state index is -1.21. The number of halogens is 2. The quantitative estimate of drug-likeness (QED) is 0.376. The molecule has 1 fully saturated rings. The number of rotatable bonds is 3. The number of amides is 1. The van der Waals surface area contributed by atoms with Gasteiger partial charge in [0.25, 0.3) is 5.78 Å². The number of anilines is 1. The van der Waals surface area contributed by atoms with E-state index in [1.54, 1.807) is 13.0 Å². The number of nitrogens with zero attached hydrogens (tertiary/aromatic N) is 2. The number of benzene rings is 2. The second kappa shape index (κ2) is 7.46. The average molecular weight is 426 g/mol. The number of carbonyl (C=O) groups is 2. The van der Waals surface area contributed by atoms with Crippen LogP contribution < -0.4 is 4.90 Å². The molecule has 1 aliphatic rings. The van der Waals surface area contributed by atoms with E-state index in [1.165, 1.54) is 41.7 Å².